The van der Waals surface area contributed by atoms with Gasteiger partial charge in [0.1, 0.15) is 23.9 Å². The van der Waals surface area contributed by atoms with E-state index in [1.54, 1.807) is 26.0 Å². The van der Waals surface area contributed by atoms with Gasteiger partial charge in [0.05, 0.1) is 6.61 Å². The van der Waals surface area contributed by atoms with Crippen LogP contribution in [-0.2, 0) is 30.3 Å². The quantitative estimate of drug-likeness (QED) is 0.420. The van der Waals surface area contributed by atoms with E-state index in [1.165, 1.54) is 24.1 Å². The summed E-state index contributed by atoms with van der Waals surface area (Å²) in [6.45, 7) is 11.0. The van der Waals surface area contributed by atoms with E-state index in [-0.39, 0.29) is 42.4 Å². The minimum absolute atomic E-state index is 0.0766. The molecular formula is C28H41N3O6. The summed E-state index contributed by atoms with van der Waals surface area (Å²) >= 11 is 0. The molecule has 3 amide bonds. The Hall–Kier alpha value is -3.36. The summed E-state index contributed by atoms with van der Waals surface area (Å²) in [7, 11) is 1.50. The van der Waals surface area contributed by atoms with Gasteiger partial charge < -0.3 is 25.4 Å². The summed E-state index contributed by atoms with van der Waals surface area (Å²) in [5.74, 6) is -2.37. The van der Waals surface area contributed by atoms with Crippen LogP contribution in [0.3, 0.4) is 0 Å². The number of likely N-dealkylation sites (N-methyl/N-ethyl adjacent to an activating group) is 1. The number of hydrogen-bond acceptors (Lipinski definition) is 6. The van der Waals surface area contributed by atoms with Gasteiger partial charge in [0.2, 0.25) is 17.7 Å². The van der Waals surface area contributed by atoms with Crippen molar-refractivity contribution >= 4 is 23.7 Å². The number of rotatable bonds is 3. The summed E-state index contributed by atoms with van der Waals surface area (Å²) in [6.07, 6.45) is 2.61. The molecule has 204 valence electrons. The van der Waals surface area contributed by atoms with Crippen LogP contribution in [0.5, 0.6) is 5.75 Å². The molecule has 0 aliphatic carbocycles. The number of amides is 3. The third kappa shape index (κ3) is 8.61. The molecule has 9 nitrogen and oxygen atoms in total. The molecule has 0 aromatic heterocycles. The normalized spacial score (nSPS) is 28.6. The van der Waals surface area contributed by atoms with E-state index in [4.69, 9.17) is 4.74 Å². The van der Waals surface area contributed by atoms with Crippen LogP contribution in [0.15, 0.2) is 35.9 Å². The molecule has 0 saturated carbocycles. The summed E-state index contributed by atoms with van der Waals surface area (Å²) in [5, 5.41) is 15.2. The highest BCUT2D eigenvalue weighted by Crippen LogP contribution is 2.18. The van der Waals surface area contributed by atoms with Crippen LogP contribution in [-0.4, -0.2) is 65.5 Å². The third-order valence-corrected chi connectivity index (χ3v) is 6.56. The zero-order chi connectivity index (χ0) is 27.9. The average molecular weight is 516 g/mol. The van der Waals surface area contributed by atoms with E-state index in [2.05, 4.69) is 10.6 Å². The van der Waals surface area contributed by atoms with Crippen molar-refractivity contribution in [2.24, 2.45) is 17.8 Å². The monoisotopic (exact) mass is 515 g/mol. The molecule has 0 unspecified atom stereocenters. The number of phenolic OH excluding ortho intramolecular Hbond substituents is 1. The van der Waals surface area contributed by atoms with Crippen molar-refractivity contribution in [3.63, 3.8) is 0 Å². The van der Waals surface area contributed by atoms with Crippen LogP contribution in [0.1, 0.15) is 53.5 Å². The van der Waals surface area contributed by atoms with Gasteiger partial charge in [0.15, 0.2) is 0 Å². The maximum absolute atomic E-state index is 13.5. The van der Waals surface area contributed by atoms with Crippen molar-refractivity contribution < 1.29 is 29.0 Å². The first-order chi connectivity index (χ1) is 17.3. The number of allylic oxidation sites excluding steroid dienone is 1. The first kappa shape index (κ1) is 29.9. The Morgan fingerprint density at radius 2 is 1.65 bits per heavy atom. The van der Waals surface area contributed by atoms with Crippen LogP contribution in [0.2, 0.25) is 0 Å². The van der Waals surface area contributed by atoms with Gasteiger partial charge >= 0.3 is 5.97 Å². The van der Waals surface area contributed by atoms with Crippen LogP contribution in [0.25, 0.3) is 0 Å². The molecule has 2 rings (SSSR count). The molecule has 0 spiro atoms. The Morgan fingerprint density at radius 1 is 1.03 bits per heavy atom. The molecule has 0 radical (unpaired) electrons. The molecule has 1 heterocycles. The number of esters is 1. The van der Waals surface area contributed by atoms with Crippen LogP contribution >= 0.6 is 0 Å². The number of nitrogens with one attached hydrogen (secondary N) is 2. The largest absolute Gasteiger partial charge is 0.508 e. The molecule has 37 heavy (non-hydrogen) atoms. The lowest BCUT2D eigenvalue weighted by molar-refractivity contribution is -0.151. The zero-order valence-corrected chi connectivity index (χ0v) is 22.9. The Kier molecular flexibility index (Phi) is 10.7. The van der Waals surface area contributed by atoms with Gasteiger partial charge in [-0.2, -0.15) is 0 Å². The Balaban J connectivity index is 2.44. The van der Waals surface area contributed by atoms with Crippen molar-refractivity contribution in [3.8, 4) is 5.75 Å². The number of cyclic esters (lactones) is 1. The molecule has 0 saturated heterocycles. The lowest BCUT2D eigenvalue weighted by Crippen LogP contribution is -2.57. The maximum Gasteiger partial charge on any atom is 0.328 e. The topological polar surface area (TPSA) is 125 Å². The molecule has 1 aliphatic heterocycles. The molecular weight excluding hydrogens is 474 g/mol. The SMILES string of the molecule is C/C1=C\[C@H](C)COC(=O)[C@H](C(C)C)NC(=O)[C@@H](Cc2ccc(O)cc2)N(C)C(=O)[C@H](C)NC(=O)[C@@H](C)C1. The van der Waals surface area contributed by atoms with Crippen molar-refractivity contribution in [2.45, 2.75) is 72.5 Å². The highest BCUT2D eigenvalue weighted by Gasteiger charge is 2.34. The second-order valence-corrected chi connectivity index (χ2v) is 10.5. The van der Waals surface area contributed by atoms with Crippen LogP contribution in [0.4, 0.5) is 0 Å². The predicted octanol–water partition coefficient (Wildman–Crippen LogP) is 2.57. The predicted molar refractivity (Wildman–Crippen MR) is 140 cm³/mol. The number of phenols is 1. The molecule has 9 heteroatoms. The van der Waals surface area contributed by atoms with Gasteiger partial charge in [-0.1, -0.05) is 51.5 Å². The standard InChI is InChI=1S/C28H41N3O6/c1-16(2)24-28(36)37-15-18(4)12-17(3)13-19(5)25(33)29-20(6)27(35)31(7)23(26(34)30-24)14-21-8-10-22(32)11-9-21/h8-12,16,18-20,23-24,32H,13-15H2,1-7H3,(H,29,33)(H,30,34)/b17-12+/t18-,19-,20-,23+,24-/m0/s1. The van der Waals surface area contributed by atoms with E-state index < -0.39 is 35.9 Å². The molecule has 3 N–H and O–H groups in total. The van der Waals surface area contributed by atoms with Gasteiger partial charge in [0, 0.05) is 25.3 Å². The third-order valence-electron chi connectivity index (χ3n) is 6.56. The Morgan fingerprint density at radius 3 is 2.24 bits per heavy atom. The number of benzene rings is 1. The lowest BCUT2D eigenvalue weighted by atomic mass is 9.98. The molecule has 1 aliphatic rings. The summed E-state index contributed by atoms with van der Waals surface area (Å²) in [5.41, 5.74) is 1.70. The highest BCUT2D eigenvalue weighted by atomic mass is 16.5. The molecule has 0 fully saturated rings. The van der Waals surface area contributed by atoms with Gasteiger partial charge in [-0.05, 0) is 43.9 Å². The van der Waals surface area contributed by atoms with Gasteiger partial charge in [-0.15, -0.1) is 0 Å². The fourth-order valence-electron chi connectivity index (χ4n) is 4.37. The number of aromatic hydroxyl groups is 1. The smallest absolute Gasteiger partial charge is 0.328 e. The summed E-state index contributed by atoms with van der Waals surface area (Å²) < 4.78 is 5.54. The minimum Gasteiger partial charge on any atom is -0.508 e. The van der Waals surface area contributed by atoms with E-state index in [0.29, 0.717) is 12.0 Å². The minimum atomic E-state index is -0.971. The fourth-order valence-corrected chi connectivity index (χ4v) is 4.37. The fraction of sp³-hybridized carbons (Fsp3) is 0.571. The average Bonchev–Trinajstić information content (AvgIpc) is 2.83. The van der Waals surface area contributed by atoms with Crippen molar-refractivity contribution in [1.29, 1.82) is 0 Å². The van der Waals surface area contributed by atoms with Crippen molar-refractivity contribution in [1.82, 2.24) is 15.5 Å². The van der Waals surface area contributed by atoms with Crippen molar-refractivity contribution in [3.05, 3.63) is 41.5 Å². The van der Waals surface area contributed by atoms with Gasteiger partial charge in [-0.25, -0.2) is 4.79 Å². The first-order valence-electron chi connectivity index (χ1n) is 12.8. The van der Waals surface area contributed by atoms with E-state index in [9.17, 15) is 24.3 Å². The maximum atomic E-state index is 13.5. The number of nitrogens with zero attached hydrogens (tertiary/aromatic N) is 1. The highest BCUT2D eigenvalue weighted by molar-refractivity contribution is 5.93. The van der Waals surface area contributed by atoms with Crippen LogP contribution in [0, 0.1) is 17.8 Å². The van der Waals surface area contributed by atoms with E-state index in [1.807, 2.05) is 33.8 Å². The Labute approximate surface area is 219 Å². The molecule has 1 aromatic carbocycles. The molecule has 0 bridgehead atoms. The number of carbonyl (C=O) groups excluding carboxylic acids is 4. The molecule has 1 aromatic rings. The van der Waals surface area contributed by atoms with Gasteiger partial charge in [0.25, 0.3) is 0 Å². The van der Waals surface area contributed by atoms with Crippen LogP contribution < -0.4 is 10.6 Å². The van der Waals surface area contributed by atoms with E-state index >= 15 is 0 Å². The van der Waals surface area contributed by atoms with E-state index in [0.717, 1.165) is 5.57 Å². The second kappa shape index (κ2) is 13.3. The zero-order valence-electron chi connectivity index (χ0n) is 22.9. The van der Waals surface area contributed by atoms with Gasteiger partial charge in [-0.3, -0.25) is 14.4 Å². The Bertz CT molecular complexity index is 1000. The number of ether oxygens (including phenoxy) is 1. The summed E-state index contributed by atoms with van der Waals surface area (Å²) in [6, 6.07) is 3.61. The lowest BCUT2D eigenvalue weighted by Gasteiger charge is -2.32. The number of carbonyl (C=O) groups is 4. The second-order valence-electron chi connectivity index (χ2n) is 10.5. The first-order valence-corrected chi connectivity index (χ1v) is 12.8. The van der Waals surface area contributed by atoms with Crippen molar-refractivity contribution in [2.75, 3.05) is 13.7 Å². The number of hydrogen-bond donors (Lipinski definition) is 3. The summed E-state index contributed by atoms with van der Waals surface area (Å²) in [4.78, 5) is 53.9. The molecule has 5 atom stereocenters.